The molecule has 36 heavy (non-hydrogen) atoms. The van der Waals surface area contributed by atoms with E-state index in [9.17, 15) is 4.79 Å². The van der Waals surface area contributed by atoms with Crippen LogP contribution < -0.4 is 4.90 Å². The van der Waals surface area contributed by atoms with Gasteiger partial charge in [0.05, 0.1) is 29.4 Å². The van der Waals surface area contributed by atoms with Crippen molar-refractivity contribution in [1.29, 1.82) is 0 Å². The maximum absolute atomic E-state index is 11.7. The largest absolute Gasteiger partial charge is 0.463 e. The molecule has 0 fully saturated rings. The van der Waals surface area contributed by atoms with Crippen LogP contribution in [-0.4, -0.2) is 25.7 Å². The summed E-state index contributed by atoms with van der Waals surface area (Å²) in [5.41, 5.74) is 5.06. The van der Waals surface area contributed by atoms with Crippen molar-refractivity contribution >= 4 is 40.5 Å². The van der Waals surface area contributed by atoms with Gasteiger partial charge in [-0.05, 0) is 92.6 Å². The van der Waals surface area contributed by atoms with Gasteiger partial charge in [-0.15, -0.1) is 0 Å². The van der Waals surface area contributed by atoms with Crippen LogP contribution in [-0.2, 0) is 9.53 Å². The van der Waals surface area contributed by atoms with Crippen LogP contribution in [0.25, 0.3) is 6.08 Å². The Hall–Kier alpha value is -4.13. The number of hydrogen-bond donors (Lipinski definition) is 0. The molecule has 0 atom stereocenters. The standard InChI is InChI=1S/C29H33N5O2/c1-4-7-22-36-29(35)21-10-23-8-11-24(12-9-23)30-31-25-13-15-26(16-14-25)32-33-27-17-19-28(20-18-27)34(5-2)6-3/h8-21H,4-7,22H2,1-3H3. The fourth-order valence-electron chi connectivity index (χ4n) is 3.32. The first-order valence-electron chi connectivity index (χ1n) is 12.3. The average Bonchev–Trinajstić information content (AvgIpc) is 2.92. The van der Waals surface area contributed by atoms with E-state index in [4.69, 9.17) is 4.74 Å². The molecule has 0 unspecified atom stereocenters. The predicted octanol–water partition coefficient (Wildman–Crippen LogP) is 8.72. The third-order valence-electron chi connectivity index (χ3n) is 5.44. The molecule has 0 aliphatic heterocycles. The number of rotatable bonds is 12. The van der Waals surface area contributed by atoms with Gasteiger partial charge in [0.25, 0.3) is 0 Å². The summed E-state index contributed by atoms with van der Waals surface area (Å²) in [5.74, 6) is -0.330. The first-order chi connectivity index (χ1) is 17.6. The number of benzene rings is 3. The minimum absolute atomic E-state index is 0.330. The monoisotopic (exact) mass is 483 g/mol. The molecular formula is C29H33N5O2. The van der Waals surface area contributed by atoms with E-state index in [1.807, 2.05) is 60.7 Å². The van der Waals surface area contributed by atoms with Crippen LogP contribution in [0.15, 0.2) is 99.3 Å². The smallest absolute Gasteiger partial charge is 0.330 e. The summed E-state index contributed by atoms with van der Waals surface area (Å²) in [6.45, 7) is 8.74. The van der Waals surface area contributed by atoms with Crippen molar-refractivity contribution in [3.63, 3.8) is 0 Å². The molecule has 7 heteroatoms. The summed E-state index contributed by atoms with van der Waals surface area (Å²) in [5, 5.41) is 17.2. The quantitative estimate of drug-likeness (QED) is 0.112. The number of esters is 1. The molecule has 0 aromatic heterocycles. The Kier molecular flexibility index (Phi) is 10.5. The van der Waals surface area contributed by atoms with E-state index in [0.717, 1.165) is 54.2 Å². The molecule has 3 aromatic rings. The van der Waals surface area contributed by atoms with E-state index in [0.29, 0.717) is 6.61 Å². The zero-order valence-electron chi connectivity index (χ0n) is 21.2. The normalized spacial score (nSPS) is 11.5. The van der Waals surface area contributed by atoms with Crippen molar-refractivity contribution in [1.82, 2.24) is 0 Å². The molecule has 0 aliphatic rings. The molecule has 0 saturated heterocycles. The molecule has 7 nitrogen and oxygen atoms in total. The molecule has 0 saturated carbocycles. The maximum Gasteiger partial charge on any atom is 0.330 e. The highest BCUT2D eigenvalue weighted by atomic mass is 16.5. The molecule has 3 aromatic carbocycles. The van der Waals surface area contributed by atoms with Crippen LogP contribution in [0.5, 0.6) is 0 Å². The first-order valence-corrected chi connectivity index (χ1v) is 12.3. The van der Waals surface area contributed by atoms with Gasteiger partial charge in [0.2, 0.25) is 0 Å². The lowest BCUT2D eigenvalue weighted by Gasteiger charge is -2.20. The van der Waals surface area contributed by atoms with Crippen LogP contribution in [0, 0.1) is 0 Å². The van der Waals surface area contributed by atoms with Gasteiger partial charge in [0.15, 0.2) is 0 Å². The lowest BCUT2D eigenvalue weighted by atomic mass is 10.2. The van der Waals surface area contributed by atoms with E-state index in [-0.39, 0.29) is 5.97 Å². The Morgan fingerprint density at radius 1 is 0.722 bits per heavy atom. The van der Waals surface area contributed by atoms with Gasteiger partial charge in [-0.3, -0.25) is 0 Å². The Labute approximate surface area is 213 Å². The second kappa shape index (κ2) is 14.3. The number of azo groups is 2. The van der Waals surface area contributed by atoms with E-state index in [1.54, 1.807) is 6.08 Å². The molecular weight excluding hydrogens is 450 g/mol. The Balaban J connectivity index is 1.53. The molecule has 0 spiro atoms. The van der Waals surface area contributed by atoms with Crippen molar-refractivity contribution in [3.05, 3.63) is 84.4 Å². The summed E-state index contributed by atoms with van der Waals surface area (Å²) >= 11 is 0. The molecule has 0 heterocycles. The number of carbonyl (C=O) groups excluding carboxylic acids is 1. The van der Waals surface area contributed by atoms with Crippen molar-refractivity contribution in [2.45, 2.75) is 33.6 Å². The lowest BCUT2D eigenvalue weighted by molar-refractivity contribution is -0.137. The fraction of sp³-hybridized carbons (Fsp3) is 0.276. The predicted molar refractivity (Wildman–Crippen MR) is 146 cm³/mol. The Morgan fingerprint density at radius 3 is 1.61 bits per heavy atom. The molecule has 0 radical (unpaired) electrons. The van der Waals surface area contributed by atoms with Gasteiger partial charge < -0.3 is 9.64 Å². The van der Waals surface area contributed by atoms with E-state index in [1.165, 1.54) is 11.8 Å². The third-order valence-corrected chi connectivity index (χ3v) is 5.44. The minimum Gasteiger partial charge on any atom is -0.463 e. The third kappa shape index (κ3) is 8.58. The first kappa shape index (κ1) is 26.5. The maximum atomic E-state index is 11.7. The van der Waals surface area contributed by atoms with E-state index >= 15 is 0 Å². The van der Waals surface area contributed by atoms with Crippen LogP contribution >= 0.6 is 0 Å². The summed E-state index contributed by atoms with van der Waals surface area (Å²) in [6.07, 6.45) is 5.03. The number of unbranched alkanes of at least 4 members (excludes halogenated alkanes) is 1. The fourth-order valence-corrected chi connectivity index (χ4v) is 3.32. The van der Waals surface area contributed by atoms with E-state index < -0.39 is 0 Å². The second-order valence-electron chi connectivity index (χ2n) is 8.05. The molecule has 186 valence electrons. The van der Waals surface area contributed by atoms with Crippen molar-refractivity contribution < 1.29 is 9.53 Å². The minimum atomic E-state index is -0.330. The van der Waals surface area contributed by atoms with Gasteiger partial charge in [0.1, 0.15) is 0 Å². The highest BCUT2D eigenvalue weighted by molar-refractivity contribution is 5.87. The molecule has 3 rings (SSSR count). The average molecular weight is 484 g/mol. The summed E-state index contributed by atoms with van der Waals surface area (Å²) in [6, 6.07) is 22.9. The van der Waals surface area contributed by atoms with Crippen molar-refractivity contribution in [3.8, 4) is 0 Å². The highest BCUT2D eigenvalue weighted by Crippen LogP contribution is 2.25. The van der Waals surface area contributed by atoms with Gasteiger partial charge in [-0.2, -0.15) is 20.5 Å². The lowest BCUT2D eigenvalue weighted by Crippen LogP contribution is -2.21. The number of carbonyl (C=O) groups is 1. The number of hydrogen-bond acceptors (Lipinski definition) is 7. The summed E-state index contributed by atoms with van der Waals surface area (Å²) in [4.78, 5) is 13.9. The Bertz CT molecular complexity index is 1160. The van der Waals surface area contributed by atoms with Gasteiger partial charge in [0, 0.05) is 24.9 Å². The Morgan fingerprint density at radius 2 is 1.17 bits per heavy atom. The zero-order valence-corrected chi connectivity index (χ0v) is 21.2. The molecule has 0 amide bonds. The van der Waals surface area contributed by atoms with Crippen LogP contribution in [0.1, 0.15) is 39.2 Å². The second-order valence-corrected chi connectivity index (χ2v) is 8.05. The van der Waals surface area contributed by atoms with Gasteiger partial charge >= 0.3 is 5.97 Å². The zero-order chi connectivity index (χ0) is 25.6. The summed E-state index contributed by atoms with van der Waals surface area (Å²) in [7, 11) is 0. The molecule has 0 N–H and O–H groups in total. The van der Waals surface area contributed by atoms with Crippen LogP contribution in [0.3, 0.4) is 0 Å². The van der Waals surface area contributed by atoms with Gasteiger partial charge in [-0.25, -0.2) is 4.79 Å². The molecule has 0 bridgehead atoms. The van der Waals surface area contributed by atoms with Crippen molar-refractivity contribution in [2.24, 2.45) is 20.5 Å². The number of ether oxygens (including phenoxy) is 1. The van der Waals surface area contributed by atoms with E-state index in [2.05, 4.69) is 58.3 Å². The van der Waals surface area contributed by atoms with Crippen molar-refractivity contribution in [2.75, 3.05) is 24.6 Å². The molecule has 0 aliphatic carbocycles. The van der Waals surface area contributed by atoms with Crippen LogP contribution in [0.2, 0.25) is 0 Å². The number of anilines is 1. The highest BCUT2D eigenvalue weighted by Gasteiger charge is 2.01. The van der Waals surface area contributed by atoms with Crippen LogP contribution in [0.4, 0.5) is 28.4 Å². The van der Waals surface area contributed by atoms with Gasteiger partial charge in [-0.1, -0.05) is 25.5 Å². The summed E-state index contributed by atoms with van der Waals surface area (Å²) < 4.78 is 5.11. The topological polar surface area (TPSA) is 79.0 Å². The SMILES string of the molecule is CCCCOC(=O)C=Cc1ccc(N=Nc2ccc(N=Nc3ccc(N(CC)CC)cc3)cc2)cc1. The number of nitrogens with zero attached hydrogens (tertiary/aromatic N) is 5.